The maximum absolute atomic E-state index is 13.5. The van der Waals surface area contributed by atoms with Gasteiger partial charge in [0.2, 0.25) is 11.8 Å². The van der Waals surface area contributed by atoms with Gasteiger partial charge in [0.15, 0.2) is 0 Å². The van der Waals surface area contributed by atoms with Crippen molar-refractivity contribution in [2.24, 2.45) is 35.5 Å². The second kappa shape index (κ2) is 7.10. The van der Waals surface area contributed by atoms with Gasteiger partial charge in [-0.25, -0.2) is 0 Å². The smallest absolute Gasteiger partial charge is 0.282 e. The number of imide groups is 1. The Morgan fingerprint density at radius 3 is 2.12 bits per heavy atom. The van der Waals surface area contributed by atoms with Crippen molar-refractivity contribution in [2.75, 3.05) is 11.6 Å². The van der Waals surface area contributed by atoms with Crippen LogP contribution in [-0.2, 0) is 9.59 Å². The van der Waals surface area contributed by atoms with Crippen LogP contribution in [0.3, 0.4) is 0 Å². The Balaban J connectivity index is 1.36. The third-order valence-corrected chi connectivity index (χ3v) is 7.68. The van der Waals surface area contributed by atoms with Crippen LogP contribution in [0.5, 0.6) is 0 Å². The highest BCUT2D eigenvalue weighted by atomic mass is 16.6. The number of para-hydroxylation sites is 2. The molecule has 0 radical (unpaired) electrons. The van der Waals surface area contributed by atoms with Crippen molar-refractivity contribution in [3.63, 3.8) is 0 Å². The number of likely N-dealkylation sites (tertiary alicyclic amines) is 1. The Morgan fingerprint density at radius 1 is 0.939 bits per heavy atom. The monoisotopic (exact) mass is 443 g/mol. The molecule has 2 aromatic carbocycles. The SMILES string of the molecule is O=C1C2C3C=CC(C4CC34)C2C(=O)N1CN(C(=O)c1ccccc1[N+](=O)[O-])c1ccccc1. The van der Waals surface area contributed by atoms with Gasteiger partial charge in [0.25, 0.3) is 11.6 Å². The second-order valence-corrected chi connectivity index (χ2v) is 9.24. The molecule has 6 atom stereocenters. The number of allylic oxidation sites excluding steroid dienone is 2. The Labute approximate surface area is 189 Å². The number of nitro groups is 1. The number of carbonyl (C=O) groups is 3. The summed E-state index contributed by atoms with van der Waals surface area (Å²) in [5.74, 6) is -0.714. The van der Waals surface area contributed by atoms with Crippen LogP contribution in [-0.4, -0.2) is 34.2 Å². The Morgan fingerprint density at radius 2 is 1.52 bits per heavy atom. The minimum Gasteiger partial charge on any atom is -0.289 e. The lowest BCUT2D eigenvalue weighted by Gasteiger charge is -2.37. The number of nitro benzene ring substituents is 1. The van der Waals surface area contributed by atoms with Crippen LogP contribution in [0.25, 0.3) is 0 Å². The number of rotatable bonds is 5. The molecule has 0 spiro atoms. The largest absolute Gasteiger partial charge is 0.289 e. The molecule has 1 heterocycles. The Kier molecular flexibility index (Phi) is 4.27. The highest BCUT2D eigenvalue weighted by Crippen LogP contribution is 2.65. The van der Waals surface area contributed by atoms with Crippen molar-refractivity contribution in [3.05, 3.63) is 82.4 Å². The molecule has 7 rings (SSSR count). The van der Waals surface area contributed by atoms with Crippen molar-refractivity contribution < 1.29 is 19.3 Å². The molecular formula is C25H21N3O5. The molecule has 2 aromatic rings. The van der Waals surface area contributed by atoms with E-state index in [0.29, 0.717) is 17.5 Å². The molecule has 3 amide bonds. The van der Waals surface area contributed by atoms with Crippen molar-refractivity contribution in [1.29, 1.82) is 0 Å². The minimum atomic E-state index is -0.632. The fourth-order valence-corrected chi connectivity index (χ4v) is 6.13. The molecule has 2 bridgehead atoms. The van der Waals surface area contributed by atoms with Gasteiger partial charge in [-0.2, -0.15) is 0 Å². The number of nitrogens with zero attached hydrogens (tertiary/aromatic N) is 3. The van der Waals surface area contributed by atoms with Crippen LogP contribution in [0.1, 0.15) is 16.8 Å². The fraction of sp³-hybridized carbons (Fsp3) is 0.320. The Hall–Kier alpha value is -3.81. The number of amides is 3. The highest BCUT2D eigenvalue weighted by Gasteiger charge is 2.67. The van der Waals surface area contributed by atoms with Gasteiger partial charge in [-0.05, 0) is 48.3 Å². The summed E-state index contributed by atoms with van der Waals surface area (Å²) in [7, 11) is 0. The van der Waals surface area contributed by atoms with Crippen molar-refractivity contribution >= 4 is 29.1 Å². The lowest BCUT2D eigenvalue weighted by atomic mass is 9.63. The molecule has 5 aliphatic rings. The molecule has 0 aromatic heterocycles. The molecule has 8 nitrogen and oxygen atoms in total. The average molecular weight is 443 g/mol. The van der Waals surface area contributed by atoms with Crippen LogP contribution in [0.4, 0.5) is 11.4 Å². The van der Waals surface area contributed by atoms with Gasteiger partial charge < -0.3 is 0 Å². The van der Waals surface area contributed by atoms with Crippen molar-refractivity contribution in [2.45, 2.75) is 6.42 Å². The van der Waals surface area contributed by atoms with E-state index < -0.39 is 10.8 Å². The number of benzene rings is 2. The van der Waals surface area contributed by atoms with E-state index in [2.05, 4.69) is 12.2 Å². The first-order valence-corrected chi connectivity index (χ1v) is 11.1. The number of anilines is 1. The molecule has 1 aliphatic heterocycles. The first-order valence-electron chi connectivity index (χ1n) is 11.1. The summed E-state index contributed by atoms with van der Waals surface area (Å²) in [6.45, 7) is -0.270. The van der Waals surface area contributed by atoms with Crippen LogP contribution in [0, 0.1) is 45.6 Å². The topological polar surface area (TPSA) is 101 Å². The maximum Gasteiger partial charge on any atom is 0.282 e. The summed E-state index contributed by atoms with van der Waals surface area (Å²) in [4.78, 5) is 53.8. The van der Waals surface area contributed by atoms with Gasteiger partial charge in [-0.3, -0.25) is 34.3 Å². The average Bonchev–Trinajstić information content (AvgIpc) is 3.62. The minimum absolute atomic E-state index is 0.0857. The van der Waals surface area contributed by atoms with E-state index in [9.17, 15) is 24.5 Å². The molecule has 1 saturated heterocycles. The molecule has 4 aliphatic carbocycles. The summed E-state index contributed by atoms with van der Waals surface area (Å²) >= 11 is 0. The van der Waals surface area contributed by atoms with E-state index in [-0.39, 0.29) is 53.4 Å². The van der Waals surface area contributed by atoms with Crippen LogP contribution in [0.2, 0.25) is 0 Å². The van der Waals surface area contributed by atoms with E-state index in [1.807, 2.05) is 0 Å². The first kappa shape index (κ1) is 19.8. The molecule has 8 heteroatoms. The van der Waals surface area contributed by atoms with E-state index in [0.717, 1.165) is 6.42 Å². The predicted octanol–water partition coefficient (Wildman–Crippen LogP) is 3.25. The fourth-order valence-electron chi connectivity index (χ4n) is 6.13. The van der Waals surface area contributed by atoms with E-state index >= 15 is 0 Å². The summed E-state index contributed by atoms with van der Waals surface area (Å²) in [5, 5.41) is 11.5. The first-order chi connectivity index (χ1) is 16.0. The molecule has 3 fully saturated rings. The summed E-state index contributed by atoms with van der Waals surface area (Å²) in [5.41, 5.74) is 0.0458. The van der Waals surface area contributed by atoms with Crippen LogP contribution in [0.15, 0.2) is 66.7 Å². The molecular weight excluding hydrogens is 422 g/mol. The molecule has 2 saturated carbocycles. The zero-order valence-electron chi connectivity index (χ0n) is 17.6. The zero-order chi connectivity index (χ0) is 22.9. The van der Waals surface area contributed by atoms with Gasteiger partial charge >= 0.3 is 0 Å². The van der Waals surface area contributed by atoms with Crippen molar-refractivity contribution in [3.8, 4) is 0 Å². The van der Waals surface area contributed by atoms with Gasteiger partial charge in [0.05, 0.1) is 16.8 Å². The molecule has 6 unspecified atom stereocenters. The van der Waals surface area contributed by atoms with E-state index in [1.165, 1.54) is 28.0 Å². The highest BCUT2D eigenvalue weighted by molar-refractivity contribution is 6.11. The molecule has 0 N–H and O–H groups in total. The number of hydrogen-bond donors (Lipinski definition) is 0. The molecule has 166 valence electrons. The lowest BCUT2D eigenvalue weighted by molar-refractivity contribution is -0.385. The normalized spacial score (nSPS) is 30.7. The quantitative estimate of drug-likeness (QED) is 0.306. The third-order valence-electron chi connectivity index (χ3n) is 7.68. The zero-order valence-corrected chi connectivity index (χ0v) is 17.6. The third kappa shape index (κ3) is 2.86. The van der Waals surface area contributed by atoms with Gasteiger partial charge in [0.1, 0.15) is 12.2 Å². The lowest BCUT2D eigenvalue weighted by Crippen LogP contribution is -2.45. The summed E-state index contributed by atoms with van der Waals surface area (Å²) in [6, 6.07) is 14.3. The van der Waals surface area contributed by atoms with Crippen LogP contribution >= 0.6 is 0 Å². The van der Waals surface area contributed by atoms with E-state index in [4.69, 9.17) is 0 Å². The molecule has 33 heavy (non-hydrogen) atoms. The number of hydrogen-bond acceptors (Lipinski definition) is 5. The maximum atomic E-state index is 13.5. The summed E-state index contributed by atoms with van der Waals surface area (Å²) in [6.07, 6.45) is 5.27. The standard InChI is InChI=1S/C25H21N3O5/c29-23(17-8-4-5-9-20(17)28(32)33)26(14-6-2-1-3-7-14)13-27-24(30)21-15-10-11-16(19-12-18(15)19)22(21)25(27)31/h1-11,15-16,18-19,21-22H,12-13H2. The van der Waals surface area contributed by atoms with Gasteiger partial charge in [0, 0.05) is 11.8 Å². The van der Waals surface area contributed by atoms with Gasteiger partial charge in [-0.15, -0.1) is 0 Å². The van der Waals surface area contributed by atoms with E-state index in [1.54, 1.807) is 36.4 Å². The summed E-state index contributed by atoms with van der Waals surface area (Å²) < 4.78 is 0. The Bertz CT molecular complexity index is 1190. The predicted molar refractivity (Wildman–Crippen MR) is 118 cm³/mol. The van der Waals surface area contributed by atoms with Gasteiger partial charge in [-0.1, -0.05) is 42.5 Å². The number of carbonyl (C=O) groups excluding carboxylic acids is 3. The van der Waals surface area contributed by atoms with Crippen molar-refractivity contribution in [1.82, 2.24) is 4.90 Å². The second-order valence-electron chi connectivity index (χ2n) is 9.24. The van der Waals surface area contributed by atoms with Crippen LogP contribution < -0.4 is 4.90 Å².